The number of benzene rings is 2. The van der Waals surface area contributed by atoms with Gasteiger partial charge in [-0.25, -0.2) is 0 Å². The van der Waals surface area contributed by atoms with Gasteiger partial charge in [-0.15, -0.1) is 0 Å². The van der Waals surface area contributed by atoms with Gasteiger partial charge in [0, 0.05) is 28.4 Å². The summed E-state index contributed by atoms with van der Waals surface area (Å²) in [6.45, 7) is 7.18. The lowest BCUT2D eigenvalue weighted by atomic mass is 9.98. The summed E-state index contributed by atoms with van der Waals surface area (Å²) in [7, 11) is 1.95. The van der Waals surface area contributed by atoms with Crippen LogP contribution < -0.4 is 10.2 Å². The van der Waals surface area contributed by atoms with E-state index in [1.54, 1.807) is 0 Å². The molecule has 0 fully saturated rings. The molecule has 0 saturated carbocycles. The first-order chi connectivity index (χ1) is 11.0. The molecule has 0 amide bonds. The second-order valence-electron chi connectivity index (χ2n) is 5.65. The number of hydrogen-bond donors (Lipinski definition) is 2. The molecule has 2 aromatic rings. The van der Waals surface area contributed by atoms with Crippen molar-refractivity contribution in [2.75, 3.05) is 18.5 Å². The van der Waals surface area contributed by atoms with Gasteiger partial charge in [0.25, 0.3) is 0 Å². The van der Waals surface area contributed by atoms with Crippen LogP contribution in [0.2, 0.25) is 5.02 Å². The SMILES string of the molecule is CCN(c1ccc(C)cc1C(=N)c1ccc(Cl)cc1)C(C)NC. The maximum Gasteiger partial charge on any atom is 0.0764 e. The van der Waals surface area contributed by atoms with E-state index < -0.39 is 0 Å². The molecule has 3 nitrogen and oxygen atoms in total. The fourth-order valence-electron chi connectivity index (χ4n) is 2.68. The van der Waals surface area contributed by atoms with Crippen LogP contribution in [-0.4, -0.2) is 25.5 Å². The van der Waals surface area contributed by atoms with Gasteiger partial charge in [0.1, 0.15) is 0 Å². The van der Waals surface area contributed by atoms with E-state index in [0.717, 1.165) is 28.9 Å². The Labute approximate surface area is 143 Å². The third kappa shape index (κ3) is 3.92. The van der Waals surface area contributed by atoms with Gasteiger partial charge in [0.15, 0.2) is 0 Å². The summed E-state index contributed by atoms with van der Waals surface area (Å²) >= 11 is 5.97. The minimum absolute atomic E-state index is 0.194. The number of nitrogens with zero attached hydrogens (tertiary/aromatic N) is 1. The summed E-state index contributed by atoms with van der Waals surface area (Å²) in [4.78, 5) is 2.26. The van der Waals surface area contributed by atoms with Gasteiger partial charge in [-0.05, 0) is 52.1 Å². The molecular formula is C19H24ClN3. The standard InChI is InChI=1S/C19H24ClN3/c1-5-23(14(3)22-4)18-11-6-13(2)12-17(18)19(21)15-7-9-16(20)10-8-15/h6-12,14,21-22H,5H2,1-4H3. The average molecular weight is 330 g/mol. The molecule has 2 aromatic carbocycles. The maximum absolute atomic E-state index is 8.66. The van der Waals surface area contributed by atoms with E-state index in [1.807, 2.05) is 31.3 Å². The molecule has 0 aromatic heterocycles. The van der Waals surface area contributed by atoms with Crippen molar-refractivity contribution in [3.63, 3.8) is 0 Å². The van der Waals surface area contributed by atoms with E-state index >= 15 is 0 Å². The summed E-state index contributed by atoms with van der Waals surface area (Å²) in [5.74, 6) is 0. The van der Waals surface area contributed by atoms with Gasteiger partial charge in [0.05, 0.1) is 11.9 Å². The molecule has 0 aliphatic rings. The highest BCUT2D eigenvalue weighted by Gasteiger charge is 2.18. The molecule has 0 saturated heterocycles. The van der Waals surface area contributed by atoms with Crippen molar-refractivity contribution in [2.24, 2.45) is 0 Å². The maximum atomic E-state index is 8.66. The Hall–Kier alpha value is -1.84. The van der Waals surface area contributed by atoms with Crippen molar-refractivity contribution in [3.05, 3.63) is 64.2 Å². The van der Waals surface area contributed by atoms with Crippen LogP contribution in [0.5, 0.6) is 0 Å². The zero-order chi connectivity index (χ0) is 17.0. The summed E-state index contributed by atoms with van der Waals surface area (Å²) in [6.07, 6.45) is 0.194. The molecule has 4 heteroatoms. The van der Waals surface area contributed by atoms with Crippen LogP contribution >= 0.6 is 11.6 Å². The summed E-state index contributed by atoms with van der Waals surface area (Å²) in [5.41, 5.74) is 4.54. The Morgan fingerprint density at radius 1 is 1.22 bits per heavy atom. The molecule has 0 heterocycles. The molecule has 0 spiro atoms. The first-order valence-corrected chi connectivity index (χ1v) is 8.25. The van der Waals surface area contributed by atoms with Crippen molar-refractivity contribution in [2.45, 2.75) is 26.9 Å². The molecule has 23 heavy (non-hydrogen) atoms. The summed E-state index contributed by atoms with van der Waals surface area (Å²) < 4.78 is 0. The fourth-order valence-corrected chi connectivity index (χ4v) is 2.81. The lowest BCUT2D eigenvalue weighted by Gasteiger charge is -2.32. The molecule has 2 N–H and O–H groups in total. The molecule has 0 aliphatic carbocycles. The van der Waals surface area contributed by atoms with Crippen LogP contribution in [0.1, 0.15) is 30.5 Å². The van der Waals surface area contributed by atoms with E-state index in [9.17, 15) is 0 Å². The average Bonchev–Trinajstić information content (AvgIpc) is 2.56. The summed E-state index contributed by atoms with van der Waals surface area (Å²) in [6, 6.07) is 13.7. The van der Waals surface area contributed by atoms with Crippen LogP contribution in [0, 0.1) is 12.3 Å². The quantitative estimate of drug-likeness (QED) is 0.607. The first kappa shape index (κ1) is 17.5. The zero-order valence-corrected chi connectivity index (χ0v) is 14.9. The monoisotopic (exact) mass is 329 g/mol. The number of rotatable bonds is 6. The Kier molecular flexibility index (Phi) is 5.80. The Morgan fingerprint density at radius 3 is 2.43 bits per heavy atom. The normalized spacial score (nSPS) is 12.0. The third-order valence-corrected chi connectivity index (χ3v) is 4.34. The van der Waals surface area contributed by atoms with Crippen LogP contribution in [0.4, 0.5) is 5.69 Å². The van der Waals surface area contributed by atoms with E-state index in [4.69, 9.17) is 17.0 Å². The van der Waals surface area contributed by atoms with Crippen molar-refractivity contribution < 1.29 is 0 Å². The molecule has 2 rings (SSSR count). The van der Waals surface area contributed by atoms with Crippen molar-refractivity contribution in [1.82, 2.24) is 5.32 Å². The van der Waals surface area contributed by atoms with Gasteiger partial charge >= 0.3 is 0 Å². The topological polar surface area (TPSA) is 39.1 Å². The number of aryl methyl sites for hydroxylation is 1. The fraction of sp³-hybridized carbons (Fsp3) is 0.316. The number of hydrogen-bond acceptors (Lipinski definition) is 3. The predicted molar refractivity (Wildman–Crippen MR) is 100 cm³/mol. The van der Waals surface area contributed by atoms with Crippen LogP contribution in [0.25, 0.3) is 0 Å². The van der Waals surface area contributed by atoms with E-state index in [1.165, 1.54) is 0 Å². The Bertz CT molecular complexity index is 680. The highest BCUT2D eigenvalue weighted by atomic mass is 35.5. The molecule has 0 bridgehead atoms. The van der Waals surface area contributed by atoms with Crippen LogP contribution in [-0.2, 0) is 0 Å². The van der Waals surface area contributed by atoms with Gasteiger partial charge in [0.2, 0.25) is 0 Å². The second-order valence-corrected chi connectivity index (χ2v) is 6.09. The van der Waals surface area contributed by atoms with Crippen molar-refractivity contribution in [1.29, 1.82) is 5.41 Å². The highest BCUT2D eigenvalue weighted by Crippen LogP contribution is 2.26. The Balaban J connectivity index is 2.50. The van der Waals surface area contributed by atoms with Gasteiger partial charge in [-0.2, -0.15) is 0 Å². The molecular weight excluding hydrogens is 306 g/mol. The predicted octanol–water partition coefficient (Wildman–Crippen LogP) is 4.46. The number of anilines is 1. The lowest BCUT2D eigenvalue weighted by molar-refractivity contribution is 0.573. The van der Waals surface area contributed by atoms with E-state index in [-0.39, 0.29) is 6.17 Å². The molecule has 0 aliphatic heterocycles. The minimum atomic E-state index is 0.194. The Morgan fingerprint density at radius 2 is 1.87 bits per heavy atom. The highest BCUT2D eigenvalue weighted by molar-refractivity contribution is 6.30. The van der Waals surface area contributed by atoms with Gasteiger partial charge < -0.3 is 10.2 Å². The van der Waals surface area contributed by atoms with Crippen LogP contribution in [0.3, 0.4) is 0 Å². The molecule has 122 valence electrons. The summed E-state index contributed by atoms with van der Waals surface area (Å²) in [5, 5.41) is 12.6. The number of nitrogens with one attached hydrogen (secondary N) is 2. The molecule has 1 atom stereocenters. The van der Waals surface area contributed by atoms with Crippen molar-refractivity contribution >= 4 is 23.0 Å². The van der Waals surface area contributed by atoms with E-state index in [2.05, 4.69) is 49.2 Å². The largest absolute Gasteiger partial charge is 0.356 e. The minimum Gasteiger partial charge on any atom is -0.356 e. The van der Waals surface area contributed by atoms with Crippen LogP contribution in [0.15, 0.2) is 42.5 Å². The van der Waals surface area contributed by atoms with Gasteiger partial charge in [-0.1, -0.05) is 35.4 Å². The zero-order valence-electron chi connectivity index (χ0n) is 14.2. The molecule has 1 unspecified atom stereocenters. The lowest BCUT2D eigenvalue weighted by Crippen LogP contribution is -2.42. The second kappa shape index (κ2) is 7.62. The van der Waals surface area contributed by atoms with Crippen molar-refractivity contribution in [3.8, 4) is 0 Å². The first-order valence-electron chi connectivity index (χ1n) is 7.87. The third-order valence-electron chi connectivity index (χ3n) is 4.09. The smallest absolute Gasteiger partial charge is 0.0764 e. The number of halogens is 1. The van der Waals surface area contributed by atoms with Gasteiger partial charge in [-0.3, -0.25) is 5.41 Å². The molecule has 0 radical (unpaired) electrons. The van der Waals surface area contributed by atoms with E-state index in [0.29, 0.717) is 10.7 Å².